The molecule has 19 heavy (non-hydrogen) atoms. The predicted octanol–water partition coefficient (Wildman–Crippen LogP) is 5.00. The average Bonchev–Trinajstić information content (AvgIpc) is 2.96. The summed E-state index contributed by atoms with van der Waals surface area (Å²) in [6.45, 7) is 0.322. The third-order valence-electron chi connectivity index (χ3n) is 2.92. The van der Waals surface area contributed by atoms with Crippen molar-refractivity contribution in [2.45, 2.75) is 6.54 Å². The Labute approximate surface area is 127 Å². The number of thiophene rings is 1. The summed E-state index contributed by atoms with van der Waals surface area (Å²) in [6.07, 6.45) is 1.92. The first kappa shape index (κ1) is 12.9. The Balaban J connectivity index is 1.96. The number of nitrogens with zero attached hydrogens (tertiary/aromatic N) is 1. The van der Waals surface area contributed by atoms with Crippen LogP contribution in [0.15, 0.2) is 46.4 Å². The fourth-order valence-electron chi connectivity index (χ4n) is 2.01. The van der Waals surface area contributed by atoms with Crippen molar-refractivity contribution in [2.24, 2.45) is 0 Å². The molecule has 0 aliphatic carbocycles. The van der Waals surface area contributed by atoms with E-state index in [0.717, 1.165) is 20.3 Å². The van der Waals surface area contributed by atoms with Gasteiger partial charge in [0, 0.05) is 21.2 Å². The van der Waals surface area contributed by atoms with Gasteiger partial charge in [0.05, 0.1) is 11.4 Å². The molecular weight excluding hydrogens is 346 g/mol. The number of carbonyl (C=O) groups is 1. The molecule has 2 heterocycles. The fourth-order valence-corrected chi connectivity index (χ4v) is 3.71. The van der Waals surface area contributed by atoms with Crippen molar-refractivity contribution < 1.29 is 4.79 Å². The van der Waals surface area contributed by atoms with E-state index in [1.54, 1.807) is 0 Å². The van der Waals surface area contributed by atoms with Gasteiger partial charge in [0.2, 0.25) is 0 Å². The zero-order valence-electron chi connectivity index (χ0n) is 9.77. The molecule has 0 aliphatic heterocycles. The highest BCUT2D eigenvalue weighted by Crippen LogP contribution is 2.25. The molecule has 3 aromatic rings. The minimum Gasteiger partial charge on any atom is -0.340 e. The van der Waals surface area contributed by atoms with Crippen LogP contribution in [0.3, 0.4) is 0 Å². The van der Waals surface area contributed by atoms with Gasteiger partial charge in [-0.05, 0) is 51.0 Å². The van der Waals surface area contributed by atoms with Crippen molar-refractivity contribution >= 4 is 55.6 Å². The maximum atomic E-state index is 12.2. The van der Waals surface area contributed by atoms with Crippen LogP contribution in [0.1, 0.15) is 9.67 Å². The monoisotopic (exact) mass is 353 g/mol. The highest BCUT2D eigenvalue weighted by atomic mass is 79.9. The molecule has 5 heteroatoms. The van der Waals surface area contributed by atoms with Crippen LogP contribution < -0.4 is 0 Å². The molecule has 3 rings (SSSR count). The first-order valence-electron chi connectivity index (χ1n) is 5.66. The molecule has 0 spiro atoms. The SMILES string of the molecule is O=C(Cn1ccc2ccc(Cl)cc21)c1sccc1Br. The summed E-state index contributed by atoms with van der Waals surface area (Å²) in [7, 11) is 0. The summed E-state index contributed by atoms with van der Waals surface area (Å²) in [5.41, 5.74) is 0.980. The molecule has 1 aromatic carbocycles. The number of aromatic nitrogens is 1. The highest BCUT2D eigenvalue weighted by Gasteiger charge is 2.13. The van der Waals surface area contributed by atoms with Crippen LogP contribution in [-0.4, -0.2) is 10.4 Å². The third kappa shape index (κ3) is 2.48. The van der Waals surface area contributed by atoms with Gasteiger partial charge in [0.15, 0.2) is 5.78 Å². The number of fused-ring (bicyclic) bond motifs is 1. The second-order valence-electron chi connectivity index (χ2n) is 4.17. The molecule has 96 valence electrons. The molecular formula is C14H9BrClNOS. The van der Waals surface area contributed by atoms with Gasteiger partial charge in [0.25, 0.3) is 0 Å². The van der Waals surface area contributed by atoms with E-state index < -0.39 is 0 Å². The maximum Gasteiger partial charge on any atom is 0.193 e. The molecule has 0 fully saturated rings. The van der Waals surface area contributed by atoms with Crippen LogP contribution in [-0.2, 0) is 6.54 Å². The van der Waals surface area contributed by atoms with E-state index in [1.165, 1.54) is 11.3 Å². The Morgan fingerprint density at radius 1 is 1.32 bits per heavy atom. The number of benzene rings is 1. The van der Waals surface area contributed by atoms with Gasteiger partial charge in [0.1, 0.15) is 0 Å². The smallest absolute Gasteiger partial charge is 0.193 e. The molecule has 0 atom stereocenters. The molecule has 2 aromatic heterocycles. The summed E-state index contributed by atoms with van der Waals surface area (Å²) >= 11 is 10.8. The van der Waals surface area contributed by atoms with Crippen molar-refractivity contribution in [2.75, 3.05) is 0 Å². The summed E-state index contributed by atoms with van der Waals surface area (Å²) < 4.78 is 2.78. The van der Waals surface area contributed by atoms with E-state index in [9.17, 15) is 4.79 Å². The van der Waals surface area contributed by atoms with E-state index >= 15 is 0 Å². The summed E-state index contributed by atoms with van der Waals surface area (Å²) in [5, 5.41) is 3.67. The first-order valence-corrected chi connectivity index (χ1v) is 7.71. The lowest BCUT2D eigenvalue weighted by atomic mass is 10.2. The Morgan fingerprint density at radius 3 is 2.89 bits per heavy atom. The van der Waals surface area contributed by atoms with Crippen LogP contribution in [0.2, 0.25) is 5.02 Å². The lowest BCUT2D eigenvalue weighted by Gasteiger charge is -2.04. The third-order valence-corrected chi connectivity index (χ3v) is 5.03. The van der Waals surface area contributed by atoms with Gasteiger partial charge in [-0.15, -0.1) is 11.3 Å². The Hall–Kier alpha value is -1.10. The lowest BCUT2D eigenvalue weighted by Crippen LogP contribution is -2.08. The van der Waals surface area contributed by atoms with E-state index in [4.69, 9.17) is 11.6 Å². The van der Waals surface area contributed by atoms with Crippen LogP contribution >= 0.6 is 38.9 Å². The van der Waals surface area contributed by atoms with E-state index in [0.29, 0.717) is 11.6 Å². The molecule has 0 radical (unpaired) electrons. The molecule has 0 unspecified atom stereocenters. The van der Waals surface area contributed by atoms with E-state index in [-0.39, 0.29) is 5.78 Å². The van der Waals surface area contributed by atoms with Gasteiger partial charge >= 0.3 is 0 Å². The van der Waals surface area contributed by atoms with E-state index in [2.05, 4.69) is 15.9 Å². The number of halogens is 2. The van der Waals surface area contributed by atoms with Crippen LogP contribution in [0, 0.1) is 0 Å². The van der Waals surface area contributed by atoms with E-state index in [1.807, 2.05) is 46.5 Å². The largest absolute Gasteiger partial charge is 0.340 e. The minimum atomic E-state index is 0.0966. The predicted molar refractivity (Wildman–Crippen MR) is 83.3 cm³/mol. The van der Waals surface area contributed by atoms with Crippen LogP contribution in [0.4, 0.5) is 0 Å². The van der Waals surface area contributed by atoms with Crippen molar-refractivity contribution in [3.05, 3.63) is 56.3 Å². The van der Waals surface area contributed by atoms with Crippen molar-refractivity contribution in [3.8, 4) is 0 Å². The fraction of sp³-hybridized carbons (Fsp3) is 0.0714. The molecule has 0 saturated heterocycles. The van der Waals surface area contributed by atoms with Gasteiger partial charge in [-0.3, -0.25) is 4.79 Å². The Bertz CT molecular complexity index is 762. The first-order chi connectivity index (χ1) is 9.15. The minimum absolute atomic E-state index is 0.0966. The standard InChI is InChI=1S/C14H9BrClNOS/c15-11-4-6-19-14(11)13(18)8-17-5-3-9-1-2-10(16)7-12(9)17/h1-7H,8H2. The number of ketones is 1. The van der Waals surface area contributed by atoms with Gasteiger partial charge in [-0.25, -0.2) is 0 Å². The Kier molecular flexibility index (Phi) is 3.48. The zero-order valence-corrected chi connectivity index (χ0v) is 12.9. The summed E-state index contributed by atoms with van der Waals surface area (Å²) in [4.78, 5) is 13.0. The molecule has 0 aliphatic rings. The van der Waals surface area contributed by atoms with Crippen molar-refractivity contribution in [3.63, 3.8) is 0 Å². The molecule has 0 bridgehead atoms. The van der Waals surface area contributed by atoms with Crippen molar-refractivity contribution in [1.82, 2.24) is 4.57 Å². The summed E-state index contributed by atoms with van der Waals surface area (Å²) in [5.74, 6) is 0.0966. The topological polar surface area (TPSA) is 22.0 Å². The molecule has 0 N–H and O–H groups in total. The van der Waals surface area contributed by atoms with Crippen LogP contribution in [0.25, 0.3) is 10.9 Å². The normalized spacial score (nSPS) is 11.1. The quantitative estimate of drug-likeness (QED) is 0.607. The van der Waals surface area contributed by atoms with Gasteiger partial charge in [-0.2, -0.15) is 0 Å². The second kappa shape index (κ2) is 5.12. The molecule has 0 saturated carbocycles. The molecule has 2 nitrogen and oxygen atoms in total. The number of hydrogen-bond donors (Lipinski definition) is 0. The second-order valence-corrected chi connectivity index (χ2v) is 6.37. The van der Waals surface area contributed by atoms with Gasteiger partial charge < -0.3 is 4.57 Å². The summed E-state index contributed by atoms with van der Waals surface area (Å²) in [6, 6.07) is 9.57. The lowest BCUT2D eigenvalue weighted by molar-refractivity contribution is 0.0977. The Morgan fingerprint density at radius 2 is 2.16 bits per heavy atom. The van der Waals surface area contributed by atoms with Gasteiger partial charge in [-0.1, -0.05) is 17.7 Å². The molecule has 0 amide bonds. The maximum absolute atomic E-state index is 12.2. The van der Waals surface area contributed by atoms with Crippen molar-refractivity contribution in [1.29, 1.82) is 0 Å². The zero-order chi connectivity index (χ0) is 13.4. The number of carbonyl (C=O) groups excluding carboxylic acids is 1. The average molecular weight is 355 g/mol. The van der Waals surface area contributed by atoms with Crippen LogP contribution in [0.5, 0.6) is 0 Å². The number of rotatable bonds is 3. The highest BCUT2D eigenvalue weighted by molar-refractivity contribution is 9.10. The number of Topliss-reactive ketones (excluding diaryl/α,β-unsaturated/α-hetero) is 1. The number of hydrogen-bond acceptors (Lipinski definition) is 2.